The zero-order valence-corrected chi connectivity index (χ0v) is 14.0. The number of carbonyl (C=O) groups excluding carboxylic acids is 1. The molecule has 124 valence electrons. The molecule has 24 heavy (non-hydrogen) atoms. The lowest BCUT2D eigenvalue weighted by Crippen LogP contribution is -2.07. The maximum absolute atomic E-state index is 11.8. The summed E-state index contributed by atoms with van der Waals surface area (Å²) in [4.78, 5) is 11.8. The van der Waals surface area contributed by atoms with E-state index in [4.69, 9.17) is 4.74 Å². The summed E-state index contributed by atoms with van der Waals surface area (Å²) < 4.78 is 7.02. The van der Waals surface area contributed by atoms with E-state index >= 15 is 0 Å². The third-order valence-corrected chi connectivity index (χ3v) is 4.45. The Hall–Kier alpha value is -2.75. The minimum atomic E-state index is -0.274. The smallest absolute Gasteiger partial charge is 0.310 e. The summed E-state index contributed by atoms with van der Waals surface area (Å²) in [6, 6.07) is 15.6. The Morgan fingerprint density at radius 1 is 1.17 bits per heavy atom. The number of fused-ring (bicyclic) bond motifs is 1. The van der Waals surface area contributed by atoms with Crippen LogP contribution in [0.2, 0.25) is 0 Å². The van der Waals surface area contributed by atoms with Crippen molar-refractivity contribution in [1.82, 2.24) is 4.57 Å². The van der Waals surface area contributed by atoms with Crippen molar-refractivity contribution in [3.05, 3.63) is 65.4 Å². The van der Waals surface area contributed by atoms with Crippen molar-refractivity contribution in [2.45, 2.75) is 26.3 Å². The number of methoxy groups -OCH3 is 1. The van der Waals surface area contributed by atoms with Crippen LogP contribution in [-0.2, 0) is 28.9 Å². The molecule has 0 radical (unpaired) electrons. The lowest BCUT2D eigenvalue weighted by atomic mass is 10.1. The average molecular weight is 323 g/mol. The first-order valence-corrected chi connectivity index (χ1v) is 8.01. The van der Waals surface area contributed by atoms with Crippen LogP contribution in [-0.4, -0.2) is 22.8 Å². The van der Waals surface area contributed by atoms with Gasteiger partial charge in [-0.3, -0.25) is 4.79 Å². The maximum atomic E-state index is 11.8. The molecule has 1 aromatic heterocycles. The number of phenolic OH excluding ortho intramolecular Hbond substituents is 1. The van der Waals surface area contributed by atoms with Crippen molar-refractivity contribution in [3.8, 4) is 5.75 Å². The molecule has 2 aromatic carbocycles. The highest BCUT2D eigenvalue weighted by Gasteiger charge is 2.17. The Morgan fingerprint density at radius 2 is 1.92 bits per heavy atom. The molecule has 1 heterocycles. The van der Waals surface area contributed by atoms with Crippen molar-refractivity contribution in [2.75, 3.05) is 7.11 Å². The molecule has 3 aromatic rings. The molecule has 0 saturated carbocycles. The maximum Gasteiger partial charge on any atom is 0.310 e. The van der Waals surface area contributed by atoms with Crippen LogP contribution in [0.3, 0.4) is 0 Å². The van der Waals surface area contributed by atoms with Gasteiger partial charge in [0.15, 0.2) is 0 Å². The molecule has 0 bridgehead atoms. The third-order valence-electron chi connectivity index (χ3n) is 4.45. The van der Waals surface area contributed by atoms with Crippen LogP contribution in [0.1, 0.15) is 16.8 Å². The fraction of sp³-hybridized carbons (Fsp3) is 0.250. The largest absolute Gasteiger partial charge is 0.508 e. The van der Waals surface area contributed by atoms with Gasteiger partial charge in [-0.1, -0.05) is 30.3 Å². The first kappa shape index (κ1) is 16.1. The molecule has 0 fully saturated rings. The second kappa shape index (κ2) is 6.79. The van der Waals surface area contributed by atoms with Crippen LogP contribution in [0, 0.1) is 6.92 Å². The molecule has 1 N–H and O–H groups in total. The number of aryl methyl sites for hydroxylation is 2. The predicted octanol–water partition coefficient (Wildman–Crippen LogP) is 3.61. The summed E-state index contributed by atoms with van der Waals surface area (Å²) in [5.41, 5.74) is 4.25. The first-order chi connectivity index (χ1) is 11.6. The van der Waals surface area contributed by atoms with Gasteiger partial charge in [0.2, 0.25) is 0 Å². The lowest BCUT2D eigenvalue weighted by Gasteiger charge is -2.09. The summed E-state index contributed by atoms with van der Waals surface area (Å²) in [5, 5.41) is 10.7. The topological polar surface area (TPSA) is 51.5 Å². The van der Waals surface area contributed by atoms with Crippen LogP contribution in [0.25, 0.3) is 10.9 Å². The van der Waals surface area contributed by atoms with Crippen molar-refractivity contribution in [1.29, 1.82) is 0 Å². The Bertz CT molecular complexity index is 865. The monoisotopic (exact) mass is 323 g/mol. The highest BCUT2D eigenvalue weighted by molar-refractivity contribution is 5.90. The zero-order chi connectivity index (χ0) is 17.1. The number of carbonyl (C=O) groups is 1. The van der Waals surface area contributed by atoms with Gasteiger partial charge in [0.25, 0.3) is 0 Å². The molecular formula is C20H21NO3. The van der Waals surface area contributed by atoms with Crippen LogP contribution in [0.15, 0.2) is 48.5 Å². The predicted molar refractivity (Wildman–Crippen MR) is 94.2 cm³/mol. The quantitative estimate of drug-likeness (QED) is 0.730. The first-order valence-electron chi connectivity index (χ1n) is 8.01. The summed E-state index contributed by atoms with van der Waals surface area (Å²) >= 11 is 0. The number of esters is 1. The molecule has 0 unspecified atom stereocenters. The van der Waals surface area contributed by atoms with Gasteiger partial charge in [0, 0.05) is 23.1 Å². The van der Waals surface area contributed by atoms with Gasteiger partial charge >= 0.3 is 5.97 Å². The van der Waals surface area contributed by atoms with E-state index in [1.165, 1.54) is 12.7 Å². The normalized spacial score (nSPS) is 10.9. The van der Waals surface area contributed by atoms with E-state index in [0.29, 0.717) is 0 Å². The second-order valence-corrected chi connectivity index (χ2v) is 5.91. The number of benzene rings is 2. The van der Waals surface area contributed by atoms with Gasteiger partial charge in [0.1, 0.15) is 5.75 Å². The van der Waals surface area contributed by atoms with Gasteiger partial charge in [-0.25, -0.2) is 0 Å². The number of rotatable bonds is 5. The summed E-state index contributed by atoms with van der Waals surface area (Å²) in [7, 11) is 1.39. The molecule has 0 spiro atoms. The van der Waals surface area contributed by atoms with E-state index in [1.807, 2.05) is 31.2 Å². The fourth-order valence-electron chi connectivity index (χ4n) is 3.15. The van der Waals surface area contributed by atoms with Gasteiger partial charge in [0.05, 0.1) is 13.5 Å². The number of aromatic hydroxyl groups is 1. The molecule has 0 amide bonds. The van der Waals surface area contributed by atoms with Crippen LogP contribution in [0.5, 0.6) is 5.75 Å². The highest BCUT2D eigenvalue weighted by Crippen LogP contribution is 2.30. The van der Waals surface area contributed by atoms with E-state index in [0.717, 1.165) is 35.1 Å². The lowest BCUT2D eigenvalue weighted by molar-refractivity contribution is -0.139. The van der Waals surface area contributed by atoms with E-state index in [-0.39, 0.29) is 18.1 Å². The van der Waals surface area contributed by atoms with Crippen molar-refractivity contribution < 1.29 is 14.6 Å². The molecule has 0 atom stereocenters. The standard InChI is InChI=1S/C20H21NO3/c1-14-17(13-20(23)24-2)18-12-16(22)8-9-19(18)21(14)11-10-15-6-4-3-5-7-15/h3-9,12,22H,10-11,13H2,1-2H3. The van der Waals surface area contributed by atoms with Crippen LogP contribution < -0.4 is 0 Å². The average Bonchev–Trinajstić information content (AvgIpc) is 2.85. The Morgan fingerprint density at radius 3 is 2.62 bits per heavy atom. The minimum Gasteiger partial charge on any atom is -0.508 e. The third kappa shape index (κ3) is 3.13. The van der Waals surface area contributed by atoms with E-state index < -0.39 is 0 Å². The molecule has 0 aliphatic heterocycles. The molecule has 0 aliphatic rings. The summed E-state index contributed by atoms with van der Waals surface area (Å²) in [6.45, 7) is 2.83. The van der Waals surface area contributed by atoms with Gasteiger partial charge in [-0.05, 0) is 42.7 Å². The molecule has 4 heteroatoms. The fourth-order valence-corrected chi connectivity index (χ4v) is 3.15. The van der Waals surface area contributed by atoms with Crippen molar-refractivity contribution >= 4 is 16.9 Å². The Labute approximate surface area is 141 Å². The van der Waals surface area contributed by atoms with E-state index in [2.05, 4.69) is 16.7 Å². The SMILES string of the molecule is COC(=O)Cc1c(C)n(CCc2ccccc2)c2ccc(O)cc12. The molecule has 0 aliphatic carbocycles. The van der Waals surface area contributed by atoms with Crippen LogP contribution in [0.4, 0.5) is 0 Å². The number of hydrogen-bond donors (Lipinski definition) is 1. The number of aromatic nitrogens is 1. The zero-order valence-electron chi connectivity index (χ0n) is 14.0. The van der Waals surface area contributed by atoms with Crippen molar-refractivity contribution in [3.63, 3.8) is 0 Å². The number of nitrogens with zero attached hydrogens (tertiary/aromatic N) is 1. The van der Waals surface area contributed by atoms with Gasteiger partial charge < -0.3 is 14.4 Å². The molecular weight excluding hydrogens is 302 g/mol. The summed E-state index contributed by atoms with van der Waals surface area (Å²) in [6.07, 6.45) is 1.12. The number of hydrogen-bond acceptors (Lipinski definition) is 3. The number of ether oxygens (including phenoxy) is 1. The van der Waals surface area contributed by atoms with E-state index in [9.17, 15) is 9.90 Å². The second-order valence-electron chi connectivity index (χ2n) is 5.91. The molecule has 3 rings (SSSR count). The Balaban J connectivity index is 2.00. The van der Waals surface area contributed by atoms with Crippen LogP contribution >= 0.6 is 0 Å². The Kier molecular flexibility index (Phi) is 4.56. The van der Waals surface area contributed by atoms with Gasteiger partial charge in [-0.2, -0.15) is 0 Å². The van der Waals surface area contributed by atoms with Gasteiger partial charge in [-0.15, -0.1) is 0 Å². The summed E-state index contributed by atoms with van der Waals surface area (Å²) in [5.74, 6) is -0.0719. The highest BCUT2D eigenvalue weighted by atomic mass is 16.5. The van der Waals surface area contributed by atoms with Crippen molar-refractivity contribution in [2.24, 2.45) is 0 Å². The number of phenols is 1. The molecule has 0 saturated heterocycles. The molecule has 4 nitrogen and oxygen atoms in total. The minimum absolute atomic E-state index is 0.203. The van der Waals surface area contributed by atoms with E-state index in [1.54, 1.807) is 12.1 Å².